The molecule has 1 aliphatic carbocycles. The van der Waals surface area contributed by atoms with E-state index in [4.69, 9.17) is 0 Å². The molecule has 0 heterocycles. The standard InChI is InChI=1S/C6H11.Al.2ClH/c1-2-4-6-5-3-1;;;/h1H,2-6H2;;2*1H/q;+2;;/p-2. The Bertz CT molecular complexity index is 53.0. The van der Waals surface area contributed by atoms with Gasteiger partial charge in [-0.3, -0.25) is 0 Å². The van der Waals surface area contributed by atoms with Gasteiger partial charge in [-0.05, 0) is 0 Å². The second kappa shape index (κ2) is 7.22. The maximum absolute atomic E-state index is 2.91. The minimum Gasteiger partial charge on any atom is -1.00 e. The smallest absolute Gasteiger partial charge is 1.00 e. The van der Waals surface area contributed by atoms with Gasteiger partial charge in [0.15, 0.2) is 0 Å². The summed E-state index contributed by atoms with van der Waals surface area (Å²) in [5.41, 5.74) is 0. The van der Waals surface area contributed by atoms with Crippen molar-refractivity contribution < 1.29 is 24.8 Å². The molecule has 0 saturated heterocycles. The van der Waals surface area contributed by atoms with Crippen LogP contribution in [0.3, 0.4) is 0 Å². The molecule has 0 atom stereocenters. The first kappa shape index (κ1) is 12.8. The minimum absolute atomic E-state index is 0. The Morgan fingerprint density at radius 3 is 1.56 bits per heavy atom. The van der Waals surface area contributed by atoms with Gasteiger partial charge in [0.1, 0.15) is 0 Å². The van der Waals surface area contributed by atoms with Crippen LogP contribution in [0.4, 0.5) is 0 Å². The number of hydrogen-bond acceptors (Lipinski definition) is 0. The van der Waals surface area contributed by atoms with E-state index >= 15 is 0 Å². The summed E-state index contributed by atoms with van der Waals surface area (Å²) in [5, 5.41) is 0. The molecule has 0 aliphatic heterocycles. The van der Waals surface area contributed by atoms with Gasteiger partial charge in [0.05, 0.1) is 0 Å². The third-order valence-electron chi connectivity index (χ3n) is 1.65. The fourth-order valence-corrected chi connectivity index (χ4v) is 1.61. The van der Waals surface area contributed by atoms with Gasteiger partial charge >= 0.3 is 53.2 Å². The molecule has 3 heteroatoms. The fraction of sp³-hybridized carbons (Fsp3) is 1.00. The molecule has 0 amide bonds. The second-order valence-electron chi connectivity index (χ2n) is 2.40. The Hall–Kier alpha value is 1.11. The van der Waals surface area contributed by atoms with Crippen LogP contribution >= 0.6 is 0 Å². The summed E-state index contributed by atoms with van der Waals surface area (Å²) in [5.74, 6) is 0. The Morgan fingerprint density at radius 1 is 0.889 bits per heavy atom. The van der Waals surface area contributed by atoms with Gasteiger partial charge in [0.2, 0.25) is 0 Å². The van der Waals surface area contributed by atoms with Crippen LogP contribution < -0.4 is 24.8 Å². The zero-order valence-corrected chi connectivity index (χ0v) is 8.11. The van der Waals surface area contributed by atoms with Crippen LogP contribution in [0.1, 0.15) is 32.1 Å². The summed E-state index contributed by atoms with van der Waals surface area (Å²) in [4.78, 5) is 0. The van der Waals surface area contributed by atoms with Crippen LogP contribution in [-0.2, 0) is 0 Å². The molecule has 0 bridgehead atoms. The van der Waals surface area contributed by atoms with Crippen molar-refractivity contribution in [1.82, 2.24) is 0 Å². The molecule has 0 unspecified atom stereocenters. The molecule has 0 radical (unpaired) electrons. The average Bonchev–Trinajstić information content (AvgIpc) is 1.69. The summed E-state index contributed by atoms with van der Waals surface area (Å²) in [6, 6.07) is 0. The predicted molar refractivity (Wildman–Crippen MR) is 32.6 cm³/mol. The molecular formula is C6H11AlCl2. The summed E-state index contributed by atoms with van der Waals surface area (Å²) < 4.78 is 0.953. The van der Waals surface area contributed by atoms with Crippen LogP contribution in [-0.4, -0.2) is 16.3 Å². The van der Waals surface area contributed by atoms with Gasteiger partial charge in [0.25, 0.3) is 0 Å². The van der Waals surface area contributed by atoms with E-state index in [-0.39, 0.29) is 24.8 Å². The molecule has 0 aromatic rings. The first-order valence-electron chi connectivity index (χ1n) is 3.15. The van der Waals surface area contributed by atoms with Crippen molar-refractivity contribution in [2.24, 2.45) is 0 Å². The van der Waals surface area contributed by atoms with Crippen molar-refractivity contribution in [3.8, 4) is 0 Å². The Kier molecular flexibility index (Phi) is 10.2. The maximum atomic E-state index is 2.91. The van der Waals surface area contributed by atoms with Crippen molar-refractivity contribution in [3.05, 3.63) is 0 Å². The number of halogens is 2. The maximum Gasteiger partial charge on any atom is -1.00 e. The summed E-state index contributed by atoms with van der Waals surface area (Å²) in [6.45, 7) is 0. The predicted octanol–water partition coefficient (Wildman–Crippen LogP) is -4.08. The van der Waals surface area contributed by atoms with Crippen molar-refractivity contribution in [3.63, 3.8) is 0 Å². The normalized spacial score (nSPS) is 19.8. The van der Waals surface area contributed by atoms with Crippen LogP contribution in [0, 0.1) is 0 Å². The molecule has 0 N–H and O–H groups in total. The van der Waals surface area contributed by atoms with Gasteiger partial charge in [-0.2, -0.15) is 0 Å². The van der Waals surface area contributed by atoms with Crippen LogP contribution in [0.2, 0.25) is 4.78 Å². The largest absolute Gasteiger partial charge is 1.00 e. The Labute approximate surface area is 78.0 Å². The molecule has 1 saturated carbocycles. The number of rotatable bonds is 0. The van der Waals surface area contributed by atoms with Crippen molar-refractivity contribution in [1.29, 1.82) is 0 Å². The Morgan fingerprint density at radius 2 is 1.33 bits per heavy atom. The van der Waals surface area contributed by atoms with E-state index in [1.165, 1.54) is 32.1 Å². The van der Waals surface area contributed by atoms with E-state index in [1.807, 2.05) is 0 Å². The van der Waals surface area contributed by atoms with E-state index in [9.17, 15) is 0 Å². The molecule has 0 aromatic carbocycles. The molecule has 1 aliphatic rings. The second-order valence-corrected chi connectivity index (χ2v) is 3.34. The quantitative estimate of drug-likeness (QED) is 0.333. The molecule has 52 valence electrons. The van der Waals surface area contributed by atoms with Gasteiger partial charge in [-0.15, -0.1) is 0 Å². The van der Waals surface area contributed by atoms with Crippen molar-refractivity contribution in [2.75, 3.05) is 0 Å². The molecule has 0 nitrogen and oxygen atoms in total. The molecular weight excluding hydrogens is 170 g/mol. The first-order valence-corrected chi connectivity index (χ1v) is 3.82. The van der Waals surface area contributed by atoms with E-state index in [0.29, 0.717) is 0 Å². The van der Waals surface area contributed by atoms with Crippen LogP contribution in [0.5, 0.6) is 0 Å². The van der Waals surface area contributed by atoms with E-state index < -0.39 is 0 Å². The van der Waals surface area contributed by atoms with E-state index in [2.05, 4.69) is 16.3 Å². The summed E-state index contributed by atoms with van der Waals surface area (Å²) in [7, 11) is 0. The molecule has 0 aromatic heterocycles. The molecule has 1 rings (SSSR count). The summed E-state index contributed by atoms with van der Waals surface area (Å²) >= 11 is 2.91. The van der Waals surface area contributed by atoms with Crippen LogP contribution in [0.15, 0.2) is 0 Å². The minimum atomic E-state index is 0. The molecule has 0 spiro atoms. The van der Waals surface area contributed by atoms with Gasteiger partial charge in [0, 0.05) is 0 Å². The van der Waals surface area contributed by atoms with Gasteiger partial charge in [-0.1, -0.05) is 0 Å². The third-order valence-corrected chi connectivity index (χ3v) is 2.32. The van der Waals surface area contributed by atoms with Crippen LogP contribution in [0.25, 0.3) is 0 Å². The zero-order valence-electron chi connectivity index (χ0n) is 5.45. The van der Waals surface area contributed by atoms with Crippen molar-refractivity contribution >= 4 is 16.3 Å². The molecule has 1 fully saturated rings. The van der Waals surface area contributed by atoms with Gasteiger partial charge in [-0.25, -0.2) is 0 Å². The summed E-state index contributed by atoms with van der Waals surface area (Å²) in [6.07, 6.45) is 7.31. The average molecular weight is 181 g/mol. The van der Waals surface area contributed by atoms with E-state index in [1.54, 1.807) is 0 Å². The Balaban J connectivity index is 0. The number of hydrogen-bond donors (Lipinski definition) is 0. The van der Waals surface area contributed by atoms with Crippen molar-refractivity contribution in [2.45, 2.75) is 36.9 Å². The van der Waals surface area contributed by atoms with Gasteiger partial charge < -0.3 is 24.8 Å². The zero-order chi connectivity index (χ0) is 5.11. The third kappa shape index (κ3) is 5.55. The monoisotopic (exact) mass is 180 g/mol. The molecule has 9 heavy (non-hydrogen) atoms. The first-order chi connectivity index (χ1) is 3.39. The topological polar surface area (TPSA) is 0 Å². The SMILES string of the molecule is [Al+2][CH]1CCCCC1.[Cl-].[Cl-]. The van der Waals surface area contributed by atoms with E-state index in [0.717, 1.165) is 4.78 Å². The fourth-order valence-electron chi connectivity index (χ4n) is 1.13.